The van der Waals surface area contributed by atoms with Crippen LogP contribution < -0.4 is 10.6 Å². The van der Waals surface area contributed by atoms with Crippen LogP contribution in [0.25, 0.3) is 0 Å². The molecule has 2 aliphatic rings. The maximum Gasteiger partial charge on any atom is 0.225 e. The third-order valence-corrected chi connectivity index (χ3v) is 4.41. The number of nitrogens with zero attached hydrogens (tertiary/aromatic N) is 4. The van der Waals surface area contributed by atoms with Crippen LogP contribution >= 0.6 is 0 Å². The number of piperazine rings is 1. The van der Waals surface area contributed by atoms with Crippen LogP contribution in [-0.4, -0.2) is 53.1 Å². The van der Waals surface area contributed by atoms with E-state index in [9.17, 15) is 0 Å². The van der Waals surface area contributed by atoms with Gasteiger partial charge in [-0.05, 0) is 31.7 Å². The van der Waals surface area contributed by atoms with E-state index in [0.717, 1.165) is 38.2 Å². The number of rotatable bonds is 2. The fourth-order valence-electron chi connectivity index (χ4n) is 3.21. The predicted octanol–water partition coefficient (Wildman–Crippen LogP) is 0.868. The third-order valence-electron chi connectivity index (χ3n) is 4.41. The van der Waals surface area contributed by atoms with E-state index in [4.69, 9.17) is 5.73 Å². The second kappa shape index (κ2) is 5.84. The maximum absolute atomic E-state index is 5.98. The molecule has 19 heavy (non-hydrogen) atoms. The summed E-state index contributed by atoms with van der Waals surface area (Å²) < 4.78 is 0. The monoisotopic (exact) mass is 261 g/mol. The zero-order valence-electron chi connectivity index (χ0n) is 11.4. The molecular weight excluding hydrogens is 238 g/mol. The Bertz CT molecular complexity index is 380. The normalized spacial score (nSPS) is 29.4. The third kappa shape index (κ3) is 3.04. The molecule has 1 aromatic heterocycles. The SMILES string of the molecule is N[C@H]1CC[C@@H](N2CCN(c3ncccn3)CC2)CC1. The minimum absolute atomic E-state index is 0.440. The molecule has 1 aliphatic carbocycles. The summed E-state index contributed by atoms with van der Waals surface area (Å²) in [5.41, 5.74) is 5.98. The van der Waals surface area contributed by atoms with Gasteiger partial charge in [0.1, 0.15) is 0 Å². The van der Waals surface area contributed by atoms with E-state index in [1.165, 1.54) is 25.7 Å². The highest BCUT2D eigenvalue weighted by Crippen LogP contribution is 2.23. The second-order valence-corrected chi connectivity index (χ2v) is 5.64. The molecular formula is C14H23N5. The molecule has 0 spiro atoms. The fraction of sp³-hybridized carbons (Fsp3) is 0.714. The van der Waals surface area contributed by atoms with Crippen LogP contribution in [0.15, 0.2) is 18.5 Å². The summed E-state index contributed by atoms with van der Waals surface area (Å²) in [4.78, 5) is 13.6. The Morgan fingerprint density at radius 3 is 2.21 bits per heavy atom. The van der Waals surface area contributed by atoms with Crippen LogP contribution in [0.3, 0.4) is 0 Å². The Labute approximate surface area is 114 Å². The Morgan fingerprint density at radius 2 is 1.58 bits per heavy atom. The molecule has 5 heteroatoms. The molecule has 0 unspecified atom stereocenters. The molecule has 2 heterocycles. The highest BCUT2D eigenvalue weighted by molar-refractivity contribution is 5.29. The van der Waals surface area contributed by atoms with Gasteiger partial charge < -0.3 is 10.6 Å². The molecule has 3 rings (SSSR count). The lowest BCUT2D eigenvalue weighted by Crippen LogP contribution is -2.52. The summed E-state index contributed by atoms with van der Waals surface area (Å²) in [6, 6.07) is 3.05. The smallest absolute Gasteiger partial charge is 0.225 e. The zero-order chi connectivity index (χ0) is 13.1. The first kappa shape index (κ1) is 12.8. The van der Waals surface area contributed by atoms with Gasteiger partial charge in [-0.3, -0.25) is 4.90 Å². The van der Waals surface area contributed by atoms with E-state index in [1.54, 1.807) is 0 Å². The van der Waals surface area contributed by atoms with Crippen LogP contribution in [0.2, 0.25) is 0 Å². The van der Waals surface area contributed by atoms with Gasteiger partial charge in [-0.2, -0.15) is 0 Å². The summed E-state index contributed by atoms with van der Waals surface area (Å²) in [6.07, 6.45) is 8.54. The first-order chi connectivity index (χ1) is 9.33. The van der Waals surface area contributed by atoms with Crippen molar-refractivity contribution in [3.8, 4) is 0 Å². The molecule has 2 fully saturated rings. The average Bonchev–Trinajstić information content (AvgIpc) is 2.49. The van der Waals surface area contributed by atoms with Gasteiger partial charge in [0.25, 0.3) is 0 Å². The lowest BCUT2D eigenvalue weighted by atomic mass is 9.90. The largest absolute Gasteiger partial charge is 0.338 e. The standard InChI is InChI=1S/C14H23N5/c15-12-2-4-13(5-3-12)18-8-10-19(11-9-18)14-16-6-1-7-17-14/h1,6-7,12-13H,2-5,8-11,15H2/t12-,13+. The lowest BCUT2D eigenvalue weighted by molar-refractivity contribution is 0.141. The molecule has 2 N–H and O–H groups in total. The summed E-state index contributed by atoms with van der Waals surface area (Å²) >= 11 is 0. The summed E-state index contributed by atoms with van der Waals surface area (Å²) in [6.45, 7) is 4.31. The summed E-state index contributed by atoms with van der Waals surface area (Å²) in [5, 5.41) is 0. The number of hydrogen-bond acceptors (Lipinski definition) is 5. The molecule has 104 valence electrons. The van der Waals surface area contributed by atoms with Crippen molar-refractivity contribution < 1.29 is 0 Å². The van der Waals surface area contributed by atoms with E-state index in [0.29, 0.717) is 6.04 Å². The van der Waals surface area contributed by atoms with Crippen LogP contribution in [-0.2, 0) is 0 Å². The van der Waals surface area contributed by atoms with Gasteiger partial charge in [-0.25, -0.2) is 9.97 Å². The van der Waals surface area contributed by atoms with Crippen molar-refractivity contribution in [2.45, 2.75) is 37.8 Å². The number of hydrogen-bond donors (Lipinski definition) is 1. The van der Waals surface area contributed by atoms with Crippen LogP contribution in [0.4, 0.5) is 5.95 Å². The van der Waals surface area contributed by atoms with Gasteiger partial charge in [-0.1, -0.05) is 0 Å². The first-order valence-corrected chi connectivity index (χ1v) is 7.34. The number of anilines is 1. The van der Waals surface area contributed by atoms with Crippen molar-refractivity contribution in [2.75, 3.05) is 31.1 Å². The van der Waals surface area contributed by atoms with Crippen molar-refractivity contribution in [2.24, 2.45) is 5.73 Å². The van der Waals surface area contributed by atoms with E-state index in [2.05, 4.69) is 19.8 Å². The molecule has 1 aromatic rings. The van der Waals surface area contributed by atoms with E-state index in [1.807, 2.05) is 18.5 Å². The van der Waals surface area contributed by atoms with Crippen molar-refractivity contribution in [1.82, 2.24) is 14.9 Å². The second-order valence-electron chi connectivity index (χ2n) is 5.64. The molecule has 1 aliphatic heterocycles. The lowest BCUT2D eigenvalue weighted by Gasteiger charge is -2.41. The molecule has 0 amide bonds. The molecule has 0 atom stereocenters. The highest BCUT2D eigenvalue weighted by atomic mass is 15.3. The summed E-state index contributed by atoms with van der Waals surface area (Å²) in [7, 11) is 0. The first-order valence-electron chi connectivity index (χ1n) is 7.34. The Kier molecular flexibility index (Phi) is 3.94. The van der Waals surface area contributed by atoms with E-state index < -0.39 is 0 Å². The van der Waals surface area contributed by atoms with Crippen LogP contribution in [0, 0.1) is 0 Å². The van der Waals surface area contributed by atoms with Gasteiger partial charge >= 0.3 is 0 Å². The Balaban J connectivity index is 1.52. The van der Waals surface area contributed by atoms with E-state index in [-0.39, 0.29) is 0 Å². The highest BCUT2D eigenvalue weighted by Gasteiger charge is 2.27. The molecule has 0 radical (unpaired) electrons. The topological polar surface area (TPSA) is 58.3 Å². The van der Waals surface area contributed by atoms with Crippen LogP contribution in [0.1, 0.15) is 25.7 Å². The molecule has 1 saturated carbocycles. The van der Waals surface area contributed by atoms with Crippen molar-refractivity contribution in [3.05, 3.63) is 18.5 Å². The zero-order valence-corrected chi connectivity index (χ0v) is 11.4. The van der Waals surface area contributed by atoms with Crippen molar-refractivity contribution in [1.29, 1.82) is 0 Å². The fourth-order valence-corrected chi connectivity index (χ4v) is 3.21. The van der Waals surface area contributed by atoms with Crippen molar-refractivity contribution >= 4 is 5.95 Å². The van der Waals surface area contributed by atoms with E-state index >= 15 is 0 Å². The molecule has 5 nitrogen and oxygen atoms in total. The van der Waals surface area contributed by atoms with Gasteiger partial charge in [0.2, 0.25) is 5.95 Å². The van der Waals surface area contributed by atoms with Gasteiger partial charge in [0, 0.05) is 50.7 Å². The van der Waals surface area contributed by atoms with Gasteiger partial charge in [0.15, 0.2) is 0 Å². The minimum atomic E-state index is 0.440. The number of nitrogens with two attached hydrogens (primary N) is 1. The quantitative estimate of drug-likeness (QED) is 0.856. The maximum atomic E-state index is 5.98. The average molecular weight is 261 g/mol. The van der Waals surface area contributed by atoms with Gasteiger partial charge in [0.05, 0.1) is 0 Å². The molecule has 0 aromatic carbocycles. The molecule has 0 bridgehead atoms. The Hall–Kier alpha value is -1.20. The Morgan fingerprint density at radius 1 is 0.947 bits per heavy atom. The number of aromatic nitrogens is 2. The predicted molar refractivity (Wildman–Crippen MR) is 76.0 cm³/mol. The minimum Gasteiger partial charge on any atom is -0.338 e. The van der Waals surface area contributed by atoms with Gasteiger partial charge in [-0.15, -0.1) is 0 Å². The summed E-state index contributed by atoms with van der Waals surface area (Å²) in [5.74, 6) is 0.868. The van der Waals surface area contributed by atoms with Crippen LogP contribution in [0.5, 0.6) is 0 Å². The molecule has 1 saturated heterocycles. The van der Waals surface area contributed by atoms with Crippen molar-refractivity contribution in [3.63, 3.8) is 0 Å².